The molecule has 0 saturated carbocycles. The Kier molecular flexibility index (Phi) is 12.1. The lowest BCUT2D eigenvalue weighted by Crippen LogP contribution is -2.42. The number of para-hydroxylation sites is 1. The van der Waals surface area contributed by atoms with Crippen molar-refractivity contribution in [1.82, 2.24) is 4.90 Å². The number of carbonyl (C=O) groups is 1. The quantitative estimate of drug-likeness (QED) is 0.559. The Morgan fingerprint density at radius 2 is 1.62 bits per heavy atom. The van der Waals surface area contributed by atoms with Crippen molar-refractivity contribution in [2.75, 3.05) is 79.2 Å². The van der Waals surface area contributed by atoms with Crippen LogP contribution in [0.1, 0.15) is 31.2 Å². The second-order valence-corrected chi connectivity index (χ2v) is 9.46. The molecule has 1 aromatic heterocycles. The molecular weight excluding hydrogens is 506 g/mol. The van der Waals surface area contributed by atoms with Crippen LogP contribution >= 0.6 is 0 Å². The number of carbonyl (C=O) groups excluding carboxylic acids is 1. The van der Waals surface area contributed by atoms with Crippen LogP contribution < -0.4 is 0 Å². The van der Waals surface area contributed by atoms with Crippen molar-refractivity contribution < 1.29 is 42.7 Å². The summed E-state index contributed by atoms with van der Waals surface area (Å²) in [6, 6.07) is 7.85. The summed E-state index contributed by atoms with van der Waals surface area (Å²) >= 11 is 0. The first-order valence-corrected chi connectivity index (χ1v) is 13.9. The predicted octanol–water partition coefficient (Wildman–Crippen LogP) is 3.09. The molecule has 3 atom stereocenters. The van der Waals surface area contributed by atoms with Gasteiger partial charge in [0.25, 0.3) is 5.91 Å². The van der Waals surface area contributed by atoms with Gasteiger partial charge in [0.05, 0.1) is 59.1 Å². The maximum Gasteiger partial charge on any atom is 0.288 e. The lowest BCUT2D eigenvalue weighted by atomic mass is 9.80. The summed E-state index contributed by atoms with van der Waals surface area (Å²) in [5.74, 6) is -0.324. The number of furan rings is 1. The third-order valence-electron chi connectivity index (χ3n) is 6.91. The minimum absolute atomic E-state index is 0.0631. The van der Waals surface area contributed by atoms with Crippen LogP contribution in [0.5, 0.6) is 0 Å². The summed E-state index contributed by atoms with van der Waals surface area (Å²) in [4.78, 5) is 15.5. The lowest BCUT2D eigenvalue weighted by Gasteiger charge is -2.37. The van der Waals surface area contributed by atoms with Gasteiger partial charge < -0.3 is 42.8 Å². The van der Waals surface area contributed by atoms with E-state index >= 15 is 0 Å². The first-order chi connectivity index (χ1) is 19.2. The normalized spacial score (nSPS) is 24.4. The maximum absolute atomic E-state index is 13.9. The minimum atomic E-state index is -0.644. The maximum atomic E-state index is 13.9. The van der Waals surface area contributed by atoms with Crippen LogP contribution in [0.2, 0.25) is 0 Å². The first-order valence-electron chi connectivity index (χ1n) is 13.9. The highest BCUT2D eigenvalue weighted by Crippen LogP contribution is 2.42. The van der Waals surface area contributed by atoms with Gasteiger partial charge in [0.2, 0.25) is 6.29 Å². The summed E-state index contributed by atoms with van der Waals surface area (Å²) in [6.45, 7) is 6.70. The number of allylic oxidation sites excluding steroid dienone is 1. The molecule has 0 radical (unpaired) electrons. The van der Waals surface area contributed by atoms with Gasteiger partial charge >= 0.3 is 0 Å². The lowest BCUT2D eigenvalue weighted by molar-refractivity contribution is -0.170. The van der Waals surface area contributed by atoms with Gasteiger partial charge in [-0.1, -0.05) is 18.2 Å². The molecule has 2 aliphatic rings. The monoisotopic (exact) mass is 547 g/mol. The van der Waals surface area contributed by atoms with Crippen molar-refractivity contribution in [3.8, 4) is 0 Å². The molecule has 0 spiro atoms. The van der Waals surface area contributed by atoms with E-state index in [0.29, 0.717) is 85.4 Å². The number of amides is 1. The fourth-order valence-corrected chi connectivity index (χ4v) is 4.95. The van der Waals surface area contributed by atoms with Gasteiger partial charge in [-0.2, -0.15) is 0 Å². The number of ether oxygens (including phenoxy) is 6. The zero-order chi connectivity index (χ0) is 27.3. The molecule has 2 aromatic rings. The van der Waals surface area contributed by atoms with Gasteiger partial charge in [-0.05, 0) is 31.9 Å². The SMILES string of the molecule is CCO[C@H]1OC(C(=O)N2CCOCCOCCOCCOCC2)=C[C@@H](c2coc3ccccc23)[C@H]1CCCO. The Hall–Kier alpha value is -2.47. The number of aliphatic hydroxyl groups is 1. The molecule has 1 saturated heterocycles. The summed E-state index contributed by atoms with van der Waals surface area (Å²) in [7, 11) is 0. The van der Waals surface area contributed by atoms with Gasteiger partial charge in [0, 0.05) is 49.1 Å². The van der Waals surface area contributed by atoms with Gasteiger partial charge in [0.1, 0.15) is 5.58 Å². The second kappa shape index (κ2) is 16.0. The van der Waals surface area contributed by atoms with Gasteiger partial charge in [0.15, 0.2) is 5.76 Å². The molecule has 1 amide bonds. The average Bonchev–Trinajstić information content (AvgIpc) is 3.38. The first kappa shape index (κ1) is 29.5. The third-order valence-corrected chi connectivity index (χ3v) is 6.91. The van der Waals surface area contributed by atoms with Crippen molar-refractivity contribution in [3.63, 3.8) is 0 Å². The van der Waals surface area contributed by atoms with Crippen LogP contribution in [0, 0.1) is 5.92 Å². The number of nitrogens with zero attached hydrogens (tertiary/aromatic N) is 1. The Bertz CT molecular complexity index is 1020. The smallest absolute Gasteiger partial charge is 0.288 e. The van der Waals surface area contributed by atoms with Gasteiger partial charge in [-0.15, -0.1) is 0 Å². The summed E-state index contributed by atoms with van der Waals surface area (Å²) < 4.78 is 40.5. The molecular formula is C29H41NO9. The topological polar surface area (TPSA) is 109 Å². The third kappa shape index (κ3) is 8.26. The van der Waals surface area contributed by atoms with E-state index in [1.165, 1.54) is 0 Å². The summed E-state index contributed by atoms with van der Waals surface area (Å²) in [5.41, 5.74) is 1.75. The number of fused-ring (bicyclic) bond motifs is 1. The standard InChI is InChI=1S/C29H41NO9/c1-2-37-29-23(7-5-11-31)24(25-21-38-26-8-4-3-6-22(25)26)20-27(39-29)28(32)30-9-12-33-14-16-35-18-19-36-17-15-34-13-10-30/h3-4,6,8,20-21,23-24,29,31H,2,5,7,9-19H2,1H3/t23-,24-,29+/m1/s1. The molecule has 4 rings (SSSR count). The fourth-order valence-electron chi connectivity index (χ4n) is 4.95. The Labute approximate surface area is 229 Å². The predicted molar refractivity (Wildman–Crippen MR) is 143 cm³/mol. The minimum Gasteiger partial charge on any atom is -0.464 e. The largest absolute Gasteiger partial charge is 0.464 e. The van der Waals surface area contributed by atoms with Crippen LogP contribution in [0.4, 0.5) is 0 Å². The molecule has 0 aliphatic carbocycles. The van der Waals surface area contributed by atoms with E-state index in [1.54, 1.807) is 11.2 Å². The van der Waals surface area contributed by atoms with E-state index in [9.17, 15) is 9.90 Å². The second-order valence-electron chi connectivity index (χ2n) is 9.46. The molecule has 39 heavy (non-hydrogen) atoms. The van der Waals surface area contributed by atoms with Crippen LogP contribution in [-0.2, 0) is 33.2 Å². The van der Waals surface area contributed by atoms with E-state index in [-0.39, 0.29) is 30.1 Å². The zero-order valence-electron chi connectivity index (χ0n) is 22.8. The fraction of sp³-hybridized carbons (Fsp3) is 0.621. The molecule has 10 heteroatoms. The van der Waals surface area contributed by atoms with Gasteiger partial charge in [-0.25, -0.2) is 0 Å². The van der Waals surface area contributed by atoms with Crippen molar-refractivity contribution in [2.24, 2.45) is 5.92 Å². The van der Waals surface area contributed by atoms with Crippen LogP contribution in [0.15, 0.2) is 46.8 Å². The molecule has 10 nitrogen and oxygen atoms in total. The molecule has 0 bridgehead atoms. The molecule has 216 valence electrons. The molecule has 1 aromatic carbocycles. The highest BCUT2D eigenvalue weighted by molar-refractivity contribution is 5.92. The average molecular weight is 548 g/mol. The van der Waals surface area contributed by atoms with Gasteiger partial charge in [-0.3, -0.25) is 4.79 Å². The van der Waals surface area contributed by atoms with Crippen molar-refractivity contribution >= 4 is 16.9 Å². The highest BCUT2D eigenvalue weighted by Gasteiger charge is 2.40. The van der Waals surface area contributed by atoms with E-state index in [2.05, 4.69) is 0 Å². The molecule has 3 heterocycles. The van der Waals surface area contributed by atoms with Crippen LogP contribution in [-0.4, -0.2) is 101 Å². The molecule has 1 fully saturated rings. The highest BCUT2D eigenvalue weighted by atomic mass is 16.7. The summed E-state index contributed by atoms with van der Waals surface area (Å²) in [5, 5.41) is 10.6. The molecule has 0 unspecified atom stereocenters. The van der Waals surface area contributed by atoms with Crippen molar-refractivity contribution in [1.29, 1.82) is 0 Å². The Morgan fingerprint density at radius 1 is 0.974 bits per heavy atom. The van der Waals surface area contributed by atoms with E-state index < -0.39 is 6.29 Å². The van der Waals surface area contributed by atoms with E-state index in [1.807, 2.05) is 37.3 Å². The number of rotatable bonds is 7. The molecule has 2 aliphatic heterocycles. The van der Waals surface area contributed by atoms with Crippen molar-refractivity contribution in [3.05, 3.63) is 47.9 Å². The Balaban J connectivity index is 1.59. The Morgan fingerprint density at radius 3 is 2.26 bits per heavy atom. The van der Waals surface area contributed by atoms with Crippen LogP contribution in [0.3, 0.4) is 0 Å². The van der Waals surface area contributed by atoms with Crippen molar-refractivity contribution in [2.45, 2.75) is 32.0 Å². The number of hydrogen-bond acceptors (Lipinski definition) is 9. The number of benzene rings is 1. The zero-order valence-corrected chi connectivity index (χ0v) is 22.8. The number of aliphatic hydroxyl groups excluding tert-OH is 1. The summed E-state index contributed by atoms with van der Waals surface area (Å²) in [6.07, 6.45) is 4.25. The van der Waals surface area contributed by atoms with E-state index in [4.69, 9.17) is 32.8 Å². The van der Waals surface area contributed by atoms with E-state index in [0.717, 1.165) is 16.5 Å². The number of hydrogen-bond donors (Lipinski definition) is 1. The van der Waals surface area contributed by atoms with Crippen LogP contribution in [0.25, 0.3) is 11.0 Å². The molecule has 1 N–H and O–H groups in total.